The summed E-state index contributed by atoms with van der Waals surface area (Å²) in [7, 11) is 0. The average molecular weight is 395 g/mol. The van der Waals surface area contributed by atoms with E-state index >= 15 is 0 Å². The quantitative estimate of drug-likeness (QED) is 0.450. The molecule has 0 amide bonds. The van der Waals surface area contributed by atoms with Crippen LogP contribution in [0.25, 0.3) is 10.8 Å². The molecule has 2 aliphatic carbocycles. The molecule has 2 aliphatic rings. The molecule has 2 fully saturated rings. The molecule has 0 radical (unpaired) electrons. The molecule has 0 aliphatic heterocycles. The first-order chi connectivity index (χ1) is 14.2. The lowest BCUT2D eigenvalue weighted by atomic mass is 9.63. The second-order valence-electron chi connectivity index (χ2n) is 9.27. The molecule has 0 spiro atoms. The van der Waals surface area contributed by atoms with Gasteiger partial charge in [0, 0.05) is 0 Å². The number of fused-ring (bicyclic) bond motifs is 2. The Labute approximate surface area is 175 Å². The zero-order valence-corrected chi connectivity index (χ0v) is 18.0. The van der Waals surface area contributed by atoms with Gasteiger partial charge >= 0.3 is 0 Å². The molecule has 0 bridgehead atoms. The summed E-state index contributed by atoms with van der Waals surface area (Å²) in [5, 5.41) is 2.05. The van der Waals surface area contributed by atoms with Crippen molar-refractivity contribution in [3.63, 3.8) is 0 Å². The predicted molar refractivity (Wildman–Crippen MR) is 120 cm³/mol. The summed E-state index contributed by atoms with van der Waals surface area (Å²) in [6.07, 6.45) is 14.9. The summed E-state index contributed by atoms with van der Waals surface area (Å²) >= 11 is 0. The molecule has 2 aromatic carbocycles. The van der Waals surface area contributed by atoms with Crippen LogP contribution in [-0.4, -0.2) is 6.61 Å². The summed E-state index contributed by atoms with van der Waals surface area (Å²) in [6.45, 7) is 4.66. The molecule has 1 nitrogen and oxygen atoms in total. The highest BCUT2D eigenvalue weighted by Gasteiger charge is 2.35. The van der Waals surface area contributed by atoms with E-state index in [9.17, 15) is 4.39 Å². The standard InChI is InChI=1S/C27H35FO/c1-3-5-13-29-27-18-24-12-11-23(16-25(24)17-26(27)28)22-10-9-20-14-19(6-4-2)7-8-21(20)15-22/h3,5,11-12,16-22H,4,6-10,13-15H2,1-2H3/b5-3+/t19?,20-,21?,22-/m1/s1. The molecule has 2 aromatic rings. The number of ether oxygens (including phenoxy) is 1. The third-order valence-corrected chi connectivity index (χ3v) is 7.38. The zero-order valence-electron chi connectivity index (χ0n) is 18.0. The lowest BCUT2D eigenvalue weighted by Gasteiger charge is -2.42. The van der Waals surface area contributed by atoms with Crippen molar-refractivity contribution in [3.8, 4) is 5.75 Å². The summed E-state index contributed by atoms with van der Waals surface area (Å²) in [5.41, 5.74) is 1.40. The van der Waals surface area contributed by atoms with Crippen LogP contribution in [0, 0.1) is 23.6 Å². The van der Waals surface area contributed by atoms with E-state index in [0.717, 1.165) is 28.5 Å². The van der Waals surface area contributed by atoms with Crippen molar-refractivity contribution in [3.05, 3.63) is 53.9 Å². The predicted octanol–water partition coefficient (Wildman–Crippen LogP) is 8.03. The minimum Gasteiger partial charge on any atom is -0.486 e. The zero-order chi connectivity index (χ0) is 20.2. The van der Waals surface area contributed by atoms with Crippen LogP contribution in [0.5, 0.6) is 5.75 Å². The van der Waals surface area contributed by atoms with Gasteiger partial charge in [0.15, 0.2) is 11.6 Å². The van der Waals surface area contributed by atoms with E-state index < -0.39 is 0 Å². The van der Waals surface area contributed by atoms with Crippen molar-refractivity contribution in [1.29, 1.82) is 0 Å². The molecule has 0 saturated heterocycles. The highest BCUT2D eigenvalue weighted by Crippen LogP contribution is 2.48. The van der Waals surface area contributed by atoms with Gasteiger partial charge in [0.1, 0.15) is 6.61 Å². The third-order valence-electron chi connectivity index (χ3n) is 7.38. The topological polar surface area (TPSA) is 9.23 Å². The molecule has 156 valence electrons. The molecule has 29 heavy (non-hydrogen) atoms. The second kappa shape index (κ2) is 9.32. The third kappa shape index (κ3) is 4.68. The number of benzene rings is 2. The highest BCUT2D eigenvalue weighted by atomic mass is 19.1. The van der Waals surface area contributed by atoms with E-state index in [2.05, 4.69) is 25.1 Å². The number of hydrogen-bond acceptors (Lipinski definition) is 1. The fourth-order valence-corrected chi connectivity index (χ4v) is 5.83. The molecule has 2 heteroatoms. The largest absolute Gasteiger partial charge is 0.486 e. The Morgan fingerprint density at radius 1 is 1.00 bits per heavy atom. The lowest BCUT2D eigenvalue weighted by Crippen LogP contribution is -2.30. The van der Waals surface area contributed by atoms with Gasteiger partial charge in [-0.25, -0.2) is 4.39 Å². The van der Waals surface area contributed by atoms with Gasteiger partial charge in [0.25, 0.3) is 0 Å². The van der Waals surface area contributed by atoms with Crippen LogP contribution in [0.1, 0.15) is 76.7 Å². The molecular formula is C27H35FO. The maximum atomic E-state index is 14.5. The number of rotatable bonds is 6. The Morgan fingerprint density at radius 3 is 2.66 bits per heavy atom. The average Bonchev–Trinajstić information content (AvgIpc) is 2.74. The van der Waals surface area contributed by atoms with Gasteiger partial charge < -0.3 is 4.74 Å². The van der Waals surface area contributed by atoms with Crippen LogP contribution in [-0.2, 0) is 0 Å². The van der Waals surface area contributed by atoms with Crippen molar-refractivity contribution < 1.29 is 9.13 Å². The molecule has 4 rings (SSSR count). The Balaban J connectivity index is 1.46. The van der Waals surface area contributed by atoms with Gasteiger partial charge in [-0.2, -0.15) is 0 Å². The van der Waals surface area contributed by atoms with E-state index in [1.807, 2.05) is 25.1 Å². The van der Waals surface area contributed by atoms with E-state index in [1.165, 1.54) is 56.9 Å². The summed E-state index contributed by atoms with van der Waals surface area (Å²) in [4.78, 5) is 0. The summed E-state index contributed by atoms with van der Waals surface area (Å²) < 4.78 is 20.0. The van der Waals surface area contributed by atoms with E-state index in [-0.39, 0.29) is 5.82 Å². The van der Waals surface area contributed by atoms with Crippen molar-refractivity contribution in [1.82, 2.24) is 0 Å². The van der Waals surface area contributed by atoms with Crippen molar-refractivity contribution in [2.24, 2.45) is 17.8 Å². The molecule has 0 heterocycles. The SMILES string of the molecule is C/C=C/COc1cc2ccc([C@@H]3CC[C@@H]4CC(CCC)CCC4C3)cc2cc1F. The second-order valence-corrected chi connectivity index (χ2v) is 9.27. The fourth-order valence-electron chi connectivity index (χ4n) is 5.83. The minimum absolute atomic E-state index is 0.267. The molecule has 2 unspecified atom stereocenters. The van der Waals surface area contributed by atoms with Crippen LogP contribution in [0.3, 0.4) is 0 Å². The van der Waals surface area contributed by atoms with Crippen molar-refractivity contribution >= 4 is 10.8 Å². The summed E-state index contributed by atoms with van der Waals surface area (Å²) in [5.74, 6) is 3.54. The molecular weight excluding hydrogens is 359 g/mol. The van der Waals surface area contributed by atoms with E-state index in [0.29, 0.717) is 18.3 Å². The molecule has 0 N–H and O–H groups in total. The van der Waals surface area contributed by atoms with Gasteiger partial charge in [-0.3, -0.25) is 0 Å². The van der Waals surface area contributed by atoms with Gasteiger partial charge in [-0.05, 0) is 91.2 Å². The van der Waals surface area contributed by atoms with Gasteiger partial charge in [0.2, 0.25) is 0 Å². The van der Waals surface area contributed by atoms with E-state index in [4.69, 9.17) is 4.74 Å². The first-order valence-electron chi connectivity index (χ1n) is 11.6. The molecule has 2 saturated carbocycles. The Morgan fingerprint density at radius 2 is 1.83 bits per heavy atom. The van der Waals surface area contributed by atoms with Crippen molar-refractivity contribution in [2.45, 2.75) is 71.1 Å². The first kappa shape index (κ1) is 20.4. The summed E-state index contributed by atoms with van der Waals surface area (Å²) in [6, 6.07) is 10.1. The van der Waals surface area contributed by atoms with Gasteiger partial charge in [-0.15, -0.1) is 0 Å². The Bertz CT molecular complexity index is 855. The van der Waals surface area contributed by atoms with Crippen LogP contribution in [0.15, 0.2) is 42.5 Å². The maximum absolute atomic E-state index is 14.5. The minimum atomic E-state index is -0.267. The van der Waals surface area contributed by atoms with Gasteiger partial charge in [0.05, 0.1) is 0 Å². The first-order valence-corrected chi connectivity index (χ1v) is 11.6. The normalized spacial score (nSPS) is 27.3. The van der Waals surface area contributed by atoms with E-state index in [1.54, 1.807) is 6.07 Å². The highest BCUT2D eigenvalue weighted by molar-refractivity contribution is 5.84. The van der Waals surface area contributed by atoms with Crippen LogP contribution in [0.2, 0.25) is 0 Å². The number of allylic oxidation sites excluding steroid dienone is 1. The monoisotopic (exact) mass is 394 g/mol. The number of halogens is 1. The number of hydrogen-bond donors (Lipinski definition) is 0. The lowest BCUT2D eigenvalue weighted by molar-refractivity contribution is 0.114. The Kier molecular flexibility index (Phi) is 6.57. The van der Waals surface area contributed by atoms with Crippen molar-refractivity contribution in [2.75, 3.05) is 6.61 Å². The maximum Gasteiger partial charge on any atom is 0.165 e. The van der Waals surface area contributed by atoms with Crippen LogP contribution >= 0.6 is 0 Å². The van der Waals surface area contributed by atoms with Gasteiger partial charge in [-0.1, -0.05) is 56.5 Å². The Hall–Kier alpha value is -1.83. The smallest absolute Gasteiger partial charge is 0.165 e. The van der Waals surface area contributed by atoms with Crippen LogP contribution in [0.4, 0.5) is 4.39 Å². The molecule has 4 atom stereocenters. The van der Waals surface area contributed by atoms with Crippen LogP contribution < -0.4 is 4.74 Å². The molecule has 0 aromatic heterocycles. The fraction of sp³-hybridized carbons (Fsp3) is 0.556.